The molecular weight excluding hydrogens is 232 g/mol. The Bertz CT molecular complexity index is 353. The van der Waals surface area contributed by atoms with Crippen LogP contribution in [0, 0.1) is 0 Å². The highest BCUT2D eigenvalue weighted by Crippen LogP contribution is 2.39. The molecule has 0 bridgehead atoms. The van der Waals surface area contributed by atoms with Crippen LogP contribution in [0.1, 0.15) is 19.8 Å². The minimum Gasteiger partial charge on any atom is -0.393 e. The molecule has 0 amide bonds. The van der Waals surface area contributed by atoms with Gasteiger partial charge in [-0.15, -0.1) is 0 Å². The zero-order chi connectivity index (χ0) is 12.4. The van der Waals surface area contributed by atoms with Crippen molar-refractivity contribution in [1.82, 2.24) is 0 Å². The number of ether oxygens (including phenoxy) is 1. The smallest absolute Gasteiger partial charge is 0.393 e. The Hall–Kier alpha value is -0.683. The molecule has 0 spiro atoms. The van der Waals surface area contributed by atoms with E-state index in [0.717, 1.165) is 24.6 Å². The van der Waals surface area contributed by atoms with Crippen LogP contribution < -0.4 is 5.19 Å². The molecule has 0 radical (unpaired) electrons. The summed E-state index contributed by atoms with van der Waals surface area (Å²) in [4.78, 5) is 0. The normalized spacial score (nSPS) is 24.4. The first-order valence-corrected chi connectivity index (χ1v) is 7.86. The maximum Gasteiger partial charge on any atom is 0.405 e. The fraction of sp³-hybridized carbons (Fsp3) is 0.538. The van der Waals surface area contributed by atoms with E-state index in [1.165, 1.54) is 0 Å². The van der Waals surface area contributed by atoms with Crippen molar-refractivity contribution in [3.05, 3.63) is 30.3 Å². The quantitative estimate of drug-likeness (QED) is 0.747. The largest absolute Gasteiger partial charge is 0.405 e. The molecule has 2 rings (SSSR count). The summed E-state index contributed by atoms with van der Waals surface area (Å²) in [6, 6.07) is 10.2. The first-order chi connectivity index (χ1) is 8.24. The number of hydrogen-bond acceptors (Lipinski definition) is 3. The van der Waals surface area contributed by atoms with Crippen LogP contribution in [0.2, 0.25) is 0 Å². The lowest BCUT2D eigenvalue weighted by Crippen LogP contribution is -2.74. The van der Waals surface area contributed by atoms with Gasteiger partial charge in [0.05, 0.1) is 0 Å². The van der Waals surface area contributed by atoms with Gasteiger partial charge in [-0.25, -0.2) is 0 Å². The summed E-state index contributed by atoms with van der Waals surface area (Å²) in [5.74, 6) is 0. The van der Waals surface area contributed by atoms with Crippen LogP contribution in [-0.4, -0.2) is 34.6 Å². The Balaban J connectivity index is 2.45. The minimum atomic E-state index is -2.51. The van der Waals surface area contributed by atoms with Gasteiger partial charge in [0.1, 0.15) is 5.22 Å². The molecular formula is C13H20O3Si. The predicted molar refractivity (Wildman–Crippen MR) is 69.4 cm³/mol. The van der Waals surface area contributed by atoms with Crippen molar-refractivity contribution in [3.8, 4) is 0 Å². The monoisotopic (exact) mass is 252 g/mol. The Morgan fingerprint density at radius 2 is 1.82 bits per heavy atom. The molecule has 0 N–H and O–H groups in total. The van der Waals surface area contributed by atoms with E-state index in [9.17, 15) is 0 Å². The maximum absolute atomic E-state index is 5.88. The lowest BCUT2D eigenvalue weighted by molar-refractivity contribution is -0.118. The molecule has 1 fully saturated rings. The van der Waals surface area contributed by atoms with Crippen LogP contribution in [-0.2, 0) is 13.6 Å². The SMILES string of the molecule is CCC1([Si](OC)(OC)c2ccccc2)CCO1. The Morgan fingerprint density at radius 3 is 2.18 bits per heavy atom. The van der Waals surface area contributed by atoms with Gasteiger partial charge in [-0.1, -0.05) is 37.3 Å². The van der Waals surface area contributed by atoms with Gasteiger partial charge >= 0.3 is 8.56 Å². The summed E-state index contributed by atoms with van der Waals surface area (Å²) in [7, 11) is 0.967. The number of rotatable bonds is 5. The highest BCUT2D eigenvalue weighted by Gasteiger charge is 2.62. The van der Waals surface area contributed by atoms with Crippen molar-refractivity contribution < 1.29 is 13.6 Å². The van der Waals surface area contributed by atoms with Crippen LogP contribution >= 0.6 is 0 Å². The highest BCUT2D eigenvalue weighted by atomic mass is 28.4. The third kappa shape index (κ3) is 1.76. The molecule has 0 aliphatic carbocycles. The van der Waals surface area contributed by atoms with Crippen molar-refractivity contribution in [2.45, 2.75) is 25.0 Å². The van der Waals surface area contributed by atoms with Crippen molar-refractivity contribution in [1.29, 1.82) is 0 Å². The van der Waals surface area contributed by atoms with E-state index in [4.69, 9.17) is 13.6 Å². The second-order valence-corrected chi connectivity index (χ2v) is 7.88. The van der Waals surface area contributed by atoms with Crippen LogP contribution in [0.3, 0.4) is 0 Å². The predicted octanol–water partition coefficient (Wildman–Crippen LogP) is 1.74. The topological polar surface area (TPSA) is 27.7 Å². The Kier molecular flexibility index (Phi) is 3.68. The molecule has 94 valence electrons. The van der Waals surface area contributed by atoms with E-state index in [2.05, 4.69) is 19.1 Å². The van der Waals surface area contributed by atoms with E-state index in [1.54, 1.807) is 14.2 Å². The van der Waals surface area contributed by atoms with Gasteiger partial charge in [0, 0.05) is 27.2 Å². The second kappa shape index (κ2) is 4.90. The molecule has 1 aliphatic heterocycles. The summed E-state index contributed by atoms with van der Waals surface area (Å²) in [5.41, 5.74) is 0. The fourth-order valence-electron chi connectivity index (χ4n) is 2.73. The van der Waals surface area contributed by atoms with E-state index in [0.29, 0.717) is 0 Å². The fourth-order valence-corrected chi connectivity index (χ4v) is 6.46. The molecule has 1 aromatic carbocycles. The summed E-state index contributed by atoms with van der Waals surface area (Å²) in [6.07, 6.45) is 1.95. The van der Waals surface area contributed by atoms with Gasteiger partial charge in [0.25, 0.3) is 0 Å². The molecule has 1 aromatic rings. The van der Waals surface area contributed by atoms with Crippen molar-refractivity contribution in [3.63, 3.8) is 0 Å². The summed E-state index contributed by atoms with van der Waals surface area (Å²) in [5, 5.41) is 0.921. The van der Waals surface area contributed by atoms with Crippen LogP contribution in [0.4, 0.5) is 0 Å². The first kappa shape index (κ1) is 12.8. The van der Waals surface area contributed by atoms with E-state index >= 15 is 0 Å². The van der Waals surface area contributed by atoms with Crippen molar-refractivity contribution >= 4 is 13.7 Å². The number of benzene rings is 1. The van der Waals surface area contributed by atoms with E-state index < -0.39 is 8.56 Å². The molecule has 17 heavy (non-hydrogen) atoms. The molecule has 1 atom stereocenters. The van der Waals surface area contributed by atoms with Crippen LogP contribution in [0.25, 0.3) is 0 Å². The van der Waals surface area contributed by atoms with Gasteiger partial charge in [0.2, 0.25) is 0 Å². The van der Waals surface area contributed by atoms with E-state index in [-0.39, 0.29) is 5.22 Å². The minimum absolute atomic E-state index is 0.224. The number of hydrogen-bond donors (Lipinski definition) is 0. The molecule has 1 unspecified atom stereocenters. The van der Waals surface area contributed by atoms with Crippen molar-refractivity contribution in [2.24, 2.45) is 0 Å². The van der Waals surface area contributed by atoms with Crippen molar-refractivity contribution in [2.75, 3.05) is 20.8 Å². The standard InChI is InChI=1S/C13H20O3Si/c1-4-13(10-11-16-13)17(14-2,15-3)12-8-6-5-7-9-12/h5-9H,4,10-11H2,1-3H3. The second-order valence-electron chi connectivity index (χ2n) is 4.34. The maximum atomic E-state index is 5.88. The molecule has 4 heteroatoms. The summed E-state index contributed by atoms with van der Waals surface area (Å²) >= 11 is 0. The Morgan fingerprint density at radius 1 is 1.24 bits per heavy atom. The summed E-state index contributed by atoms with van der Waals surface area (Å²) < 4.78 is 17.6. The summed E-state index contributed by atoms with van der Waals surface area (Å²) in [6.45, 7) is 2.95. The highest BCUT2D eigenvalue weighted by molar-refractivity contribution is 6.83. The first-order valence-electron chi connectivity index (χ1n) is 6.04. The average molecular weight is 252 g/mol. The third-order valence-electron chi connectivity index (χ3n) is 3.78. The van der Waals surface area contributed by atoms with Gasteiger partial charge in [-0.3, -0.25) is 0 Å². The lowest BCUT2D eigenvalue weighted by atomic mass is 10.1. The van der Waals surface area contributed by atoms with Gasteiger partial charge < -0.3 is 13.6 Å². The molecule has 0 saturated carbocycles. The molecule has 0 aromatic heterocycles. The lowest BCUT2D eigenvalue weighted by Gasteiger charge is -2.50. The molecule has 1 heterocycles. The molecule has 1 aliphatic rings. The average Bonchev–Trinajstić information content (AvgIpc) is 2.35. The van der Waals surface area contributed by atoms with Gasteiger partial charge in [-0.05, 0) is 11.6 Å². The molecule has 1 saturated heterocycles. The third-order valence-corrected chi connectivity index (χ3v) is 7.97. The zero-order valence-electron chi connectivity index (χ0n) is 10.7. The molecule has 3 nitrogen and oxygen atoms in total. The van der Waals surface area contributed by atoms with Gasteiger partial charge in [0.15, 0.2) is 0 Å². The van der Waals surface area contributed by atoms with E-state index in [1.807, 2.05) is 18.2 Å². The van der Waals surface area contributed by atoms with Crippen LogP contribution in [0.5, 0.6) is 0 Å². The van der Waals surface area contributed by atoms with Crippen LogP contribution in [0.15, 0.2) is 30.3 Å². The Labute approximate surface area is 104 Å². The van der Waals surface area contributed by atoms with Gasteiger partial charge in [-0.2, -0.15) is 0 Å². The zero-order valence-corrected chi connectivity index (χ0v) is 11.7.